The summed E-state index contributed by atoms with van der Waals surface area (Å²) in [5, 5.41) is 0. The minimum absolute atomic E-state index is 0. The first-order valence-corrected chi connectivity index (χ1v) is 3.40. The molecule has 0 aromatic rings. The van der Waals surface area contributed by atoms with Gasteiger partial charge in [-0.2, -0.15) is 0 Å². The van der Waals surface area contributed by atoms with Gasteiger partial charge in [-0.05, 0) is 0 Å². The fourth-order valence-electron chi connectivity index (χ4n) is 0. The average Bonchev–Trinajstić information content (AvgIpc) is 0.811. The molecule has 0 aliphatic carbocycles. The Hall–Kier alpha value is 0.673. The van der Waals surface area contributed by atoms with Crippen LogP contribution in [0.4, 0.5) is 8.44 Å². The zero-order chi connectivity index (χ0) is 3.58. The normalized spacial score (nSPS) is 7.20. The monoisotopic (exact) mass is 192 g/mol. The third-order valence-electron chi connectivity index (χ3n) is 0. The molecule has 0 N–H and O–H groups in total. The van der Waals surface area contributed by atoms with Crippen molar-refractivity contribution in [2.45, 2.75) is 0 Å². The molecule has 0 atom stereocenters. The van der Waals surface area contributed by atoms with Crippen molar-refractivity contribution in [2.24, 2.45) is 0 Å². The summed E-state index contributed by atoms with van der Waals surface area (Å²) < 4.78 is 29.6. The summed E-state index contributed by atoms with van der Waals surface area (Å²) >= 11 is -4.95. The van der Waals surface area contributed by atoms with Gasteiger partial charge in [0.25, 0.3) is 0 Å². The zero-order valence-electron chi connectivity index (χ0n) is 1.58. The Morgan fingerprint density at radius 2 is 1.00 bits per heavy atom. The molecule has 0 aromatic carbocycles. The van der Waals surface area contributed by atoms with Crippen molar-refractivity contribution < 1.29 is 8.44 Å². The number of hydrogen-bond acceptors (Lipinski definition) is 0. The predicted octanol–water partition coefficient (Wildman–Crippen LogP) is -0.304. The van der Waals surface area contributed by atoms with E-state index in [0.717, 1.165) is 0 Å². The van der Waals surface area contributed by atoms with E-state index in [0.29, 0.717) is 0 Å². The first-order valence-electron chi connectivity index (χ1n) is 0.507. The van der Waals surface area contributed by atoms with Crippen LogP contribution in [0.3, 0.4) is 0 Å². The predicted molar refractivity (Wildman–Crippen MR) is 19.0 cm³/mol. The van der Waals surface area contributed by atoms with Crippen molar-refractivity contribution in [2.75, 3.05) is 0 Å². The molecular formula is H3BF3Sb. The van der Waals surface area contributed by atoms with Crippen LogP contribution in [0.5, 0.6) is 0 Å². The van der Waals surface area contributed by atoms with Gasteiger partial charge in [0.1, 0.15) is 0 Å². The van der Waals surface area contributed by atoms with E-state index in [9.17, 15) is 8.44 Å². The molecule has 0 fully saturated rings. The molecule has 0 aliphatic rings. The van der Waals surface area contributed by atoms with Crippen molar-refractivity contribution in [1.82, 2.24) is 0 Å². The number of hydrogen-bond donors (Lipinski definition) is 0. The molecule has 0 saturated carbocycles. The summed E-state index contributed by atoms with van der Waals surface area (Å²) in [5.41, 5.74) is 0. The summed E-state index contributed by atoms with van der Waals surface area (Å²) in [6, 6.07) is 0. The van der Waals surface area contributed by atoms with E-state index in [4.69, 9.17) is 0 Å². The van der Waals surface area contributed by atoms with Crippen LogP contribution in [0.2, 0.25) is 0 Å². The Labute approximate surface area is 39.3 Å². The molecule has 0 aliphatic heterocycles. The van der Waals surface area contributed by atoms with Gasteiger partial charge in [0, 0.05) is 0 Å². The molecule has 0 bridgehead atoms. The molecule has 5 heteroatoms. The van der Waals surface area contributed by atoms with Crippen LogP contribution >= 0.6 is 0 Å². The van der Waals surface area contributed by atoms with Crippen molar-refractivity contribution in [3.8, 4) is 0 Å². The van der Waals surface area contributed by atoms with Gasteiger partial charge in [-0.15, -0.1) is 0 Å². The van der Waals surface area contributed by atoms with Gasteiger partial charge in [-0.1, -0.05) is 0 Å². The van der Waals surface area contributed by atoms with E-state index in [-0.39, 0.29) is 8.41 Å². The summed E-state index contributed by atoms with van der Waals surface area (Å²) in [7, 11) is 0. The van der Waals surface area contributed by atoms with Gasteiger partial charge >= 0.3 is 30.4 Å². The van der Waals surface area contributed by atoms with Gasteiger partial charge in [0.2, 0.25) is 0 Å². The first kappa shape index (κ1) is 9.18. The summed E-state index contributed by atoms with van der Waals surface area (Å²) in [6.45, 7) is 0. The molecule has 0 nitrogen and oxygen atoms in total. The summed E-state index contributed by atoms with van der Waals surface area (Å²) in [6.07, 6.45) is 0. The zero-order valence-corrected chi connectivity index (χ0v) is 4.13. The Bertz CT molecular complexity index is 11.6. The standard InChI is InChI=1S/BH3.3FH.Sb/h1H3;3*1H;/q;;;;+3/p-3. The molecule has 0 aromatic heterocycles. The average molecular weight is 193 g/mol. The van der Waals surface area contributed by atoms with Gasteiger partial charge in [-0.3, -0.25) is 0 Å². The third kappa shape index (κ3) is 73.7. The second-order valence-electron chi connectivity index (χ2n) is 0.192. The maximum atomic E-state index is 9.85. The Morgan fingerprint density at radius 1 is 1.00 bits per heavy atom. The first-order chi connectivity index (χ1) is 1.73. The van der Waals surface area contributed by atoms with E-state index in [2.05, 4.69) is 0 Å². The van der Waals surface area contributed by atoms with Crippen molar-refractivity contribution in [1.29, 1.82) is 0 Å². The van der Waals surface area contributed by atoms with E-state index in [1.54, 1.807) is 0 Å². The number of rotatable bonds is 0. The van der Waals surface area contributed by atoms with E-state index in [1.807, 2.05) is 0 Å². The van der Waals surface area contributed by atoms with Crippen LogP contribution in [0.25, 0.3) is 0 Å². The molecule has 5 heavy (non-hydrogen) atoms. The van der Waals surface area contributed by atoms with E-state index < -0.39 is 22.0 Å². The fourth-order valence-corrected chi connectivity index (χ4v) is 0. The van der Waals surface area contributed by atoms with Crippen LogP contribution in [-0.4, -0.2) is 30.4 Å². The SMILES string of the molecule is B.[F][Sb]([F])[F]. The van der Waals surface area contributed by atoms with Crippen molar-refractivity contribution >= 4 is 30.4 Å². The van der Waals surface area contributed by atoms with Crippen LogP contribution in [0.1, 0.15) is 0 Å². The minimum atomic E-state index is -4.95. The Morgan fingerprint density at radius 3 is 1.00 bits per heavy atom. The molecule has 0 spiro atoms. The second kappa shape index (κ2) is 4.67. The van der Waals surface area contributed by atoms with Gasteiger partial charge in [0.05, 0.1) is 8.41 Å². The Balaban J connectivity index is 0. The Kier molecular flexibility index (Phi) is 8.58. The van der Waals surface area contributed by atoms with Crippen LogP contribution < -0.4 is 0 Å². The van der Waals surface area contributed by atoms with Gasteiger partial charge in [-0.25, -0.2) is 0 Å². The van der Waals surface area contributed by atoms with Gasteiger partial charge in [0.15, 0.2) is 0 Å². The fraction of sp³-hybridized carbons (Fsp3) is 0. The van der Waals surface area contributed by atoms with Crippen molar-refractivity contribution in [3.05, 3.63) is 0 Å². The maximum absolute atomic E-state index is 9.85. The second-order valence-corrected chi connectivity index (χ2v) is 1.29. The molecule has 0 unspecified atom stereocenters. The molecule has 32 valence electrons. The summed E-state index contributed by atoms with van der Waals surface area (Å²) in [4.78, 5) is 0. The summed E-state index contributed by atoms with van der Waals surface area (Å²) in [5.74, 6) is 0. The van der Waals surface area contributed by atoms with Crippen LogP contribution in [0.15, 0.2) is 0 Å². The van der Waals surface area contributed by atoms with Gasteiger partial charge < -0.3 is 0 Å². The quantitative estimate of drug-likeness (QED) is 0.462. The number of halogens is 3. The molecule has 0 saturated heterocycles. The molecule has 0 amide bonds. The molecule has 0 radical (unpaired) electrons. The van der Waals surface area contributed by atoms with Crippen LogP contribution in [0, 0.1) is 0 Å². The molecular weight excluding hydrogens is 190 g/mol. The van der Waals surface area contributed by atoms with E-state index >= 15 is 0 Å². The van der Waals surface area contributed by atoms with Crippen molar-refractivity contribution in [3.63, 3.8) is 0 Å². The van der Waals surface area contributed by atoms with Crippen LogP contribution in [-0.2, 0) is 0 Å². The third-order valence-corrected chi connectivity index (χ3v) is 0. The topological polar surface area (TPSA) is 0 Å². The molecule has 0 heterocycles. The molecule has 0 rings (SSSR count). The van der Waals surface area contributed by atoms with E-state index in [1.165, 1.54) is 0 Å².